The number of aliphatic hydroxyl groups is 1. The maximum Gasteiger partial charge on any atom is 0.182 e. The molecule has 0 spiro atoms. The molecule has 0 amide bonds. The van der Waals surface area contributed by atoms with Crippen LogP contribution in [0.25, 0.3) is 11.2 Å². The molecule has 8 aromatic carbocycles. The minimum absolute atomic E-state index is 0.0161. The first-order chi connectivity index (χ1) is 36.5. The molecule has 0 aliphatic carbocycles. The van der Waals surface area contributed by atoms with Crippen LogP contribution in [0.1, 0.15) is 73.5 Å². The van der Waals surface area contributed by atoms with Crippen LogP contribution in [-0.2, 0) is 30.8 Å². The number of aliphatic hydroxyl groups excluding tert-OH is 1. The largest absolute Gasteiger partial charge is 0.508 e. The number of phenols is 1. The zero-order chi connectivity index (χ0) is 50.2. The van der Waals surface area contributed by atoms with E-state index in [-0.39, 0.29) is 18.3 Å². The zero-order valence-electron chi connectivity index (χ0n) is 40.9. The van der Waals surface area contributed by atoms with Crippen LogP contribution in [0.5, 0.6) is 5.75 Å². The second-order valence-corrected chi connectivity index (χ2v) is 18.7. The lowest BCUT2D eigenvalue weighted by Gasteiger charge is -2.38. The Morgan fingerprint density at radius 3 is 1.59 bits per heavy atom. The summed E-state index contributed by atoms with van der Waals surface area (Å²) in [5.74, 6) is 0.571. The van der Waals surface area contributed by atoms with Crippen molar-refractivity contribution in [1.82, 2.24) is 35.1 Å². The summed E-state index contributed by atoms with van der Waals surface area (Å²) in [4.78, 5) is 5.74. The summed E-state index contributed by atoms with van der Waals surface area (Å²) in [6.45, 7) is 1.71. The Hall–Kier alpha value is -8.96. The zero-order valence-corrected chi connectivity index (χ0v) is 40.9. The van der Waals surface area contributed by atoms with E-state index in [0.29, 0.717) is 43.0 Å². The number of fused-ring (bicyclic) bond motifs is 1. The van der Waals surface area contributed by atoms with Crippen LogP contribution in [-0.4, -0.2) is 46.5 Å². The van der Waals surface area contributed by atoms with E-state index in [2.05, 4.69) is 193 Å². The molecule has 4 N–H and O–H groups in total. The molecule has 364 valence electrons. The second-order valence-electron chi connectivity index (χ2n) is 18.7. The predicted octanol–water partition coefficient (Wildman–Crippen LogP) is 11.8. The maximum absolute atomic E-state index is 10.4. The number of benzene rings is 8. The van der Waals surface area contributed by atoms with Crippen molar-refractivity contribution in [2.45, 2.75) is 43.1 Å². The monoisotopic (exact) mass is 968 g/mol. The van der Waals surface area contributed by atoms with Crippen LogP contribution < -0.4 is 10.6 Å². The van der Waals surface area contributed by atoms with Gasteiger partial charge in [0, 0.05) is 18.7 Å². The first-order valence-electron chi connectivity index (χ1n) is 25.1. The Bertz CT molecular complexity index is 3380. The number of hydrogen-bond donors (Lipinski definition) is 4. The van der Waals surface area contributed by atoms with Crippen LogP contribution >= 0.6 is 0 Å². The van der Waals surface area contributed by atoms with Crippen molar-refractivity contribution < 1.29 is 10.2 Å². The lowest BCUT2D eigenvalue weighted by Crippen LogP contribution is -2.39. The molecular formula is C64H56N8O2. The van der Waals surface area contributed by atoms with Crippen molar-refractivity contribution in [1.29, 1.82) is 0 Å². The highest BCUT2D eigenvalue weighted by atomic mass is 16.3. The van der Waals surface area contributed by atoms with Crippen LogP contribution in [0.4, 0.5) is 5.82 Å². The molecule has 0 radical (unpaired) electrons. The number of aromatic hydroxyl groups is 1. The van der Waals surface area contributed by atoms with Gasteiger partial charge in [0.15, 0.2) is 5.65 Å². The molecule has 10 heteroatoms. The van der Waals surface area contributed by atoms with Gasteiger partial charge in [-0.3, -0.25) is 4.68 Å². The minimum Gasteiger partial charge on any atom is -0.508 e. The van der Waals surface area contributed by atoms with E-state index in [9.17, 15) is 10.2 Å². The summed E-state index contributed by atoms with van der Waals surface area (Å²) in [5, 5.41) is 43.6. The smallest absolute Gasteiger partial charge is 0.182 e. The molecule has 0 bridgehead atoms. The summed E-state index contributed by atoms with van der Waals surface area (Å²) in [6, 6.07) is 80.8. The molecule has 3 aromatic heterocycles. The summed E-state index contributed by atoms with van der Waals surface area (Å²) in [6.07, 6.45) is 4.71. The van der Waals surface area contributed by atoms with Gasteiger partial charge in [-0.15, -0.1) is 5.10 Å². The molecule has 0 aliphatic rings. The highest BCUT2D eigenvalue weighted by Gasteiger charge is 2.43. The van der Waals surface area contributed by atoms with Crippen molar-refractivity contribution in [3.63, 3.8) is 0 Å². The molecule has 11 aromatic rings. The van der Waals surface area contributed by atoms with Gasteiger partial charge >= 0.3 is 0 Å². The van der Waals surface area contributed by atoms with E-state index >= 15 is 0 Å². The van der Waals surface area contributed by atoms with E-state index in [0.717, 1.165) is 61.2 Å². The molecule has 74 heavy (non-hydrogen) atoms. The van der Waals surface area contributed by atoms with E-state index in [1.807, 2.05) is 64.1 Å². The molecule has 3 heterocycles. The normalized spacial score (nSPS) is 12.2. The molecule has 0 aliphatic heterocycles. The van der Waals surface area contributed by atoms with E-state index in [4.69, 9.17) is 20.4 Å². The van der Waals surface area contributed by atoms with Crippen molar-refractivity contribution in [2.75, 3.05) is 11.9 Å². The SMILES string of the molecule is OCc1cccc(CNCCC(c2cnn(Cc3cccc(O)c3)c2)c2cc(NC(c3ccccc3)(c3ccccc3)c3ccccc3)nc3c2nnn3C(c2ccccc2)(c2ccccc2)c2ccccc2)c1. The first kappa shape index (κ1) is 47.4. The molecule has 1 atom stereocenters. The van der Waals surface area contributed by atoms with E-state index < -0.39 is 11.1 Å². The van der Waals surface area contributed by atoms with Gasteiger partial charge in [-0.2, -0.15) is 5.10 Å². The van der Waals surface area contributed by atoms with Crippen LogP contribution in [0.3, 0.4) is 0 Å². The number of hydrogen-bond acceptors (Lipinski definition) is 8. The number of pyridine rings is 1. The number of nitrogens with one attached hydrogen (secondary N) is 2. The molecule has 0 saturated heterocycles. The van der Waals surface area contributed by atoms with E-state index in [1.165, 1.54) is 0 Å². The molecule has 0 fully saturated rings. The Balaban J connectivity index is 1.17. The average molecular weight is 969 g/mol. The molecule has 0 saturated carbocycles. The molecule has 1 unspecified atom stereocenters. The van der Waals surface area contributed by atoms with Crippen molar-refractivity contribution in [3.05, 3.63) is 310 Å². The van der Waals surface area contributed by atoms with Crippen molar-refractivity contribution in [2.24, 2.45) is 0 Å². The van der Waals surface area contributed by atoms with Crippen molar-refractivity contribution in [3.8, 4) is 5.75 Å². The minimum atomic E-state index is -1.02. The number of phenolic OH excluding ortho intramolecular Hbond substituents is 1. The number of aromatic nitrogens is 6. The highest BCUT2D eigenvalue weighted by molar-refractivity contribution is 5.80. The topological polar surface area (TPSA) is 126 Å². The quantitative estimate of drug-likeness (QED) is 0.0466. The molecule has 11 rings (SSSR count). The molecule has 10 nitrogen and oxygen atoms in total. The third-order valence-corrected chi connectivity index (χ3v) is 14.1. The van der Waals surface area contributed by atoms with Crippen LogP contribution in [0.15, 0.2) is 249 Å². The van der Waals surface area contributed by atoms with Crippen molar-refractivity contribution >= 4 is 17.0 Å². The van der Waals surface area contributed by atoms with Crippen LogP contribution in [0, 0.1) is 0 Å². The Kier molecular flexibility index (Phi) is 13.7. The van der Waals surface area contributed by atoms with Gasteiger partial charge in [-0.25, -0.2) is 9.67 Å². The Morgan fingerprint density at radius 2 is 1.05 bits per heavy atom. The fourth-order valence-electron chi connectivity index (χ4n) is 10.7. The number of anilines is 1. The standard InChI is InChI=1S/C64H56N8O2/c73-46-49-23-19-21-47(39-49)42-65-38-37-58(50-43-66-71(45-50)44-48-22-20-36-57(74)40-48)59-41-60(68-63(51-24-7-1-8-25-51,52-26-9-2-10-27-52)53-28-11-3-12-29-53)67-62-61(59)69-70-72(62)64(54-30-13-4-14-31-54,55-32-15-5-16-33-55)56-34-17-6-18-35-56/h1-36,39-41,43,45,58,65,73-74H,37-38,42,44,46H2,(H,67,68). The first-order valence-corrected chi connectivity index (χ1v) is 25.1. The molecular weight excluding hydrogens is 913 g/mol. The van der Waals surface area contributed by atoms with Gasteiger partial charge in [0.2, 0.25) is 0 Å². The lowest BCUT2D eigenvalue weighted by molar-refractivity contribution is 0.281. The van der Waals surface area contributed by atoms with Gasteiger partial charge in [0.05, 0.1) is 19.3 Å². The third kappa shape index (κ3) is 9.36. The lowest BCUT2D eigenvalue weighted by atomic mass is 9.76. The summed E-state index contributed by atoms with van der Waals surface area (Å²) < 4.78 is 3.96. The summed E-state index contributed by atoms with van der Waals surface area (Å²) in [5.41, 5.74) is 10.2. The average Bonchev–Trinajstić information content (AvgIpc) is 4.12. The van der Waals surface area contributed by atoms with Crippen LogP contribution in [0.2, 0.25) is 0 Å². The fraction of sp³-hybridized carbons (Fsp3) is 0.125. The van der Waals surface area contributed by atoms with Gasteiger partial charge in [0.1, 0.15) is 28.2 Å². The number of nitrogens with zero attached hydrogens (tertiary/aromatic N) is 6. The van der Waals surface area contributed by atoms with Gasteiger partial charge in [-0.05, 0) is 92.4 Å². The fourth-order valence-corrected chi connectivity index (χ4v) is 10.7. The third-order valence-electron chi connectivity index (χ3n) is 14.1. The maximum atomic E-state index is 10.4. The summed E-state index contributed by atoms with van der Waals surface area (Å²) in [7, 11) is 0. The Morgan fingerprint density at radius 1 is 0.541 bits per heavy atom. The van der Waals surface area contributed by atoms with Gasteiger partial charge in [-0.1, -0.05) is 224 Å². The predicted molar refractivity (Wildman–Crippen MR) is 293 cm³/mol. The van der Waals surface area contributed by atoms with Gasteiger partial charge in [0.25, 0.3) is 0 Å². The second kappa shape index (κ2) is 21.4. The Labute approximate surface area is 431 Å². The summed E-state index contributed by atoms with van der Waals surface area (Å²) >= 11 is 0. The van der Waals surface area contributed by atoms with E-state index in [1.54, 1.807) is 12.1 Å². The number of rotatable bonds is 19. The van der Waals surface area contributed by atoms with Gasteiger partial charge < -0.3 is 20.8 Å². The highest BCUT2D eigenvalue weighted by Crippen LogP contribution is 2.45.